The molecule has 0 aromatic carbocycles. The number of piperidine rings is 1. The van der Waals surface area contributed by atoms with Crippen LogP contribution in [-0.2, 0) is 16.1 Å². The molecule has 2 fully saturated rings. The van der Waals surface area contributed by atoms with Crippen molar-refractivity contribution in [3.8, 4) is 0 Å². The van der Waals surface area contributed by atoms with Crippen molar-refractivity contribution in [3.05, 3.63) is 12.7 Å². The number of rotatable bonds is 4. The van der Waals surface area contributed by atoms with E-state index in [1.165, 1.54) is 6.42 Å². The summed E-state index contributed by atoms with van der Waals surface area (Å²) in [6.45, 7) is 7.85. The van der Waals surface area contributed by atoms with Gasteiger partial charge in [-0.25, -0.2) is 4.98 Å². The second-order valence-corrected chi connectivity index (χ2v) is 7.01. The lowest BCUT2D eigenvalue weighted by atomic mass is 9.99. The first kappa shape index (κ1) is 17.8. The van der Waals surface area contributed by atoms with E-state index in [0.717, 1.165) is 25.9 Å². The highest BCUT2D eigenvalue weighted by molar-refractivity contribution is 5.82. The molecule has 0 radical (unpaired) electrons. The molecule has 0 aliphatic carbocycles. The zero-order chi connectivity index (χ0) is 17.8. The zero-order valence-electron chi connectivity index (χ0n) is 15.2. The Labute approximate surface area is 148 Å². The maximum atomic E-state index is 13.0. The van der Waals surface area contributed by atoms with Crippen molar-refractivity contribution < 1.29 is 9.59 Å². The van der Waals surface area contributed by atoms with E-state index in [9.17, 15) is 9.59 Å². The van der Waals surface area contributed by atoms with E-state index >= 15 is 0 Å². The van der Waals surface area contributed by atoms with Crippen LogP contribution in [0.3, 0.4) is 0 Å². The van der Waals surface area contributed by atoms with Crippen LogP contribution in [0, 0.1) is 0 Å². The fraction of sp³-hybridized carbons (Fsp3) is 0.765. The summed E-state index contributed by atoms with van der Waals surface area (Å²) in [6.07, 6.45) is 6.68. The molecule has 0 N–H and O–H groups in total. The summed E-state index contributed by atoms with van der Waals surface area (Å²) >= 11 is 0. The number of hydrogen-bond donors (Lipinski definition) is 0. The quantitative estimate of drug-likeness (QED) is 0.778. The van der Waals surface area contributed by atoms with Gasteiger partial charge in [0.15, 0.2) is 0 Å². The average Bonchev–Trinajstić information content (AvgIpc) is 3.14. The van der Waals surface area contributed by atoms with Crippen molar-refractivity contribution >= 4 is 11.8 Å². The summed E-state index contributed by atoms with van der Waals surface area (Å²) in [5, 5.41) is 4.21. The van der Waals surface area contributed by atoms with Gasteiger partial charge in [-0.15, -0.1) is 0 Å². The Morgan fingerprint density at radius 3 is 2.48 bits per heavy atom. The Morgan fingerprint density at radius 2 is 1.84 bits per heavy atom. The van der Waals surface area contributed by atoms with Crippen molar-refractivity contribution in [1.82, 2.24) is 29.5 Å². The Kier molecular flexibility index (Phi) is 5.67. The molecule has 1 aromatic rings. The van der Waals surface area contributed by atoms with Crippen LogP contribution >= 0.6 is 0 Å². The van der Waals surface area contributed by atoms with Crippen LogP contribution in [0.25, 0.3) is 0 Å². The average molecular weight is 348 g/mol. The second kappa shape index (κ2) is 7.95. The summed E-state index contributed by atoms with van der Waals surface area (Å²) < 4.78 is 1.85. The lowest BCUT2D eigenvalue weighted by molar-refractivity contribution is -0.143. The molecule has 0 spiro atoms. The maximum Gasteiger partial charge on any atom is 0.239 e. The van der Waals surface area contributed by atoms with Gasteiger partial charge in [0.2, 0.25) is 11.8 Å². The Hall–Kier alpha value is -1.96. The highest BCUT2D eigenvalue weighted by Gasteiger charge is 2.34. The first-order chi connectivity index (χ1) is 12.1. The number of amides is 2. The van der Waals surface area contributed by atoms with Crippen molar-refractivity contribution in [2.75, 3.05) is 32.7 Å². The third-order valence-electron chi connectivity index (χ3n) is 5.43. The molecular weight excluding hydrogens is 320 g/mol. The minimum absolute atomic E-state index is 0.0871. The lowest BCUT2D eigenvalue weighted by Gasteiger charge is -2.42. The van der Waals surface area contributed by atoms with Crippen molar-refractivity contribution in [3.63, 3.8) is 0 Å². The van der Waals surface area contributed by atoms with E-state index in [4.69, 9.17) is 0 Å². The zero-order valence-corrected chi connectivity index (χ0v) is 15.2. The monoisotopic (exact) mass is 348 g/mol. The van der Waals surface area contributed by atoms with Crippen LogP contribution < -0.4 is 0 Å². The van der Waals surface area contributed by atoms with Crippen LogP contribution in [0.2, 0.25) is 0 Å². The molecule has 0 saturated carbocycles. The van der Waals surface area contributed by atoms with Crippen molar-refractivity contribution in [1.29, 1.82) is 0 Å². The van der Waals surface area contributed by atoms with Crippen LogP contribution in [0.4, 0.5) is 0 Å². The van der Waals surface area contributed by atoms with Gasteiger partial charge in [0.25, 0.3) is 0 Å². The predicted molar refractivity (Wildman–Crippen MR) is 92.7 cm³/mol. The molecule has 2 saturated heterocycles. The van der Waals surface area contributed by atoms with Crippen molar-refractivity contribution in [2.24, 2.45) is 0 Å². The first-order valence-corrected chi connectivity index (χ1v) is 9.18. The molecule has 2 aliphatic rings. The molecule has 0 unspecified atom stereocenters. The Balaban J connectivity index is 1.60. The standard InChI is InChI=1S/C17H28N6O2/c1-14(17(25)21-9-7-20(8-10-21)15(2)24)23-6-4-3-5-16(23)11-22-13-18-12-19-22/h12-14,16H,3-11H2,1-2H3/t14-,16-/m1/s1. The number of likely N-dealkylation sites (tertiary alicyclic amines) is 1. The lowest BCUT2D eigenvalue weighted by Crippen LogP contribution is -2.57. The number of carbonyl (C=O) groups is 2. The smallest absolute Gasteiger partial charge is 0.239 e. The second-order valence-electron chi connectivity index (χ2n) is 7.01. The van der Waals surface area contributed by atoms with E-state index < -0.39 is 0 Å². The van der Waals surface area contributed by atoms with Gasteiger partial charge in [-0.2, -0.15) is 5.10 Å². The number of nitrogens with zero attached hydrogens (tertiary/aromatic N) is 6. The van der Waals surface area contributed by atoms with E-state index in [-0.39, 0.29) is 17.9 Å². The van der Waals surface area contributed by atoms with Crippen LogP contribution in [-0.4, -0.2) is 86.1 Å². The predicted octanol–water partition coefficient (Wildman–Crippen LogP) is 0.212. The molecular formula is C17H28N6O2. The van der Waals surface area contributed by atoms with E-state index in [1.807, 2.05) is 21.4 Å². The van der Waals surface area contributed by atoms with Crippen LogP contribution in [0.15, 0.2) is 12.7 Å². The highest BCUT2D eigenvalue weighted by Crippen LogP contribution is 2.22. The normalized spacial score (nSPS) is 23.5. The summed E-state index contributed by atoms with van der Waals surface area (Å²) in [7, 11) is 0. The van der Waals surface area contributed by atoms with Gasteiger partial charge < -0.3 is 9.80 Å². The number of piperazine rings is 1. The number of hydrogen-bond acceptors (Lipinski definition) is 5. The SMILES string of the molecule is CC(=O)N1CCN(C(=O)[C@@H](C)N2CCCC[C@@H]2Cn2cncn2)CC1. The van der Waals surface area contributed by atoms with Gasteiger partial charge in [-0.1, -0.05) is 6.42 Å². The molecule has 2 amide bonds. The van der Waals surface area contributed by atoms with Gasteiger partial charge in [-0.3, -0.25) is 19.2 Å². The molecule has 2 aliphatic heterocycles. The summed E-state index contributed by atoms with van der Waals surface area (Å²) in [5.41, 5.74) is 0. The maximum absolute atomic E-state index is 13.0. The van der Waals surface area contributed by atoms with E-state index in [2.05, 4.69) is 15.0 Å². The third-order valence-corrected chi connectivity index (χ3v) is 5.43. The fourth-order valence-electron chi connectivity index (χ4n) is 3.92. The van der Waals surface area contributed by atoms with Gasteiger partial charge >= 0.3 is 0 Å². The van der Waals surface area contributed by atoms with Crippen molar-refractivity contribution in [2.45, 2.75) is 51.7 Å². The molecule has 3 heterocycles. The third kappa shape index (κ3) is 4.18. The summed E-state index contributed by atoms with van der Waals surface area (Å²) in [6, 6.07) is 0.172. The summed E-state index contributed by atoms with van der Waals surface area (Å²) in [4.78, 5) is 34.5. The topological polar surface area (TPSA) is 74.6 Å². The Morgan fingerprint density at radius 1 is 1.12 bits per heavy atom. The molecule has 8 nitrogen and oxygen atoms in total. The fourth-order valence-corrected chi connectivity index (χ4v) is 3.92. The van der Waals surface area contributed by atoms with Gasteiger partial charge in [0.1, 0.15) is 12.7 Å². The van der Waals surface area contributed by atoms with E-state index in [1.54, 1.807) is 19.6 Å². The first-order valence-electron chi connectivity index (χ1n) is 9.18. The molecule has 25 heavy (non-hydrogen) atoms. The number of aromatic nitrogens is 3. The molecule has 138 valence electrons. The summed E-state index contributed by atoms with van der Waals surface area (Å²) in [5.74, 6) is 0.262. The molecule has 3 rings (SSSR count). The highest BCUT2D eigenvalue weighted by atomic mass is 16.2. The molecule has 0 bridgehead atoms. The van der Waals surface area contributed by atoms with E-state index in [0.29, 0.717) is 32.2 Å². The Bertz CT molecular complexity index is 582. The van der Waals surface area contributed by atoms with Crippen LogP contribution in [0.5, 0.6) is 0 Å². The molecule has 1 aromatic heterocycles. The van der Waals surface area contributed by atoms with Crippen LogP contribution in [0.1, 0.15) is 33.1 Å². The minimum Gasteiger partial charge on any atom is -0.339 e. The van der Waals surface area contributed by atoms with Gasteiger partial charge in [-0.05, 0) is 26.3 Å². The molecule has 2 atom stereocenters. The molecule has 8 heteroatoms. The van der Waals surface area contributed by atoms with Gasteiger partial charge in [0.05, 0.1) is 12.6 Å². The number of carbonyl (C=O) groups excluding carboxylic acids is 2. The largest absolute Gasteiger partial charge is 0.339 e. The van der Waals surface area contributed by atoms with Gasteiger partial charge in [0, 0.05) is 39.1 Å². The minimum atomic E-state index is -0.141.